The summed E-state index contributed by atoms with van der Waals surface area (Å²) in [5.74, 6) is -1.14. The van der Waals surface area contributed by atoms with Gasteiger partial charge >= 0.3 is 0 Å². The van der Waals surface area contributed by atoms with Crippen molar-refractivity contribution in [3.8, 4) is 0 Å². The molecule has 0 N–H and O–H groups in total. The Morgan fingerprint density at radius 2 is 2.07 bits per heavy atom. The lowest BCUT2D eigenvalue weighted by Crippen LogP contribution is -2.57. The fourth-order valence-corrected chi connectivity index (χ4v) is 5.10. The van der Waals surface area contributed by atoms with Crippen LogP contribution in [0.4, 0.5) is 8.78 Å². The topological polar surface area (TPSA) is 80.2 Å². The fourth-order valence-electron chi connectivity index (χ4n) is 3.51. The molecule has 0 bridgehead atoms. The van der Waals surface area contributed by atoms with Crippen LogP contribution in [-0.2, 0) is 21.1 Å². The number of halogens is 2. The van der Waals surface area contributed by atoms with Gasteiger partial charge in [-0.1, -0.05) is 6.07 Å². The van der Waals surface area contributed by atoms with Gasteiger partial charge in [0.15, 0.2) is 0 Å². The number of carbonyl (C=O) groups is 1. The van der Waals surface area contributed by atoms with Gasteiger partial charge in [0.25, 0.3) is 0 Å². The van der Waals surface area contributed by atoms with Crippen LogP contribution in [0.5, 0.6) is 0 Å². The van der Waals surface area contributed by atoms with E-state index in [1.165, 1.54) is 23.4 Å². The largest absolute Gasteiger partial charge is 0.335 e. The molecule has 3 rings (SSSR count). The molecule has 1 amide bonds. The third-order valence-electron chi connectivity index (χ3n) is 5.05. The number of amides is 1. The smallest absolute Gasteiger partial charge is 0.232 e. The highest BCUT2D eigenvalue weighted by atomic mass is 32.2. The average molecular weight is 409 g/mol. The van der Waals surface area contributed by atoms with E-state index in [0.29, 0.717) is 18.4 Å². The van der Waals surface area contributed by atoms with Crippen molar-refractivity contribution in [2.75, 3.05) is 6.54 Å². The Labute approximate surface area is 162 Å². The van der Waals surface area contributed by atoms with Crippen molar-refractivity contribution < 1.29 is 22.0 Å². The lowest BCUT2D eigenvalue weighted by atomic mass is 9.97. The number of piperidine rings is 1. The summed E-state index contributed by atoms with van der Waals surface area (Å²) < 4.78 is 55.2. The van der Waals surface area contributed by atoms with Gasteiger partial charge < -0.3 is 4.90 Å². The Morgan fingerprint density at radius 1 is 1.29 bits per heavy atom. The number of benzene rings is 1. The summed E-state index contributed by atoms with van der Waals surface area (Å²) in [6.45, 7) is 1.22. The SMILES string of the molecule is CC(F)(C1CCCCN1C(=O)Cc1ccnnc1)S(=O)(=O)c1cccc(F)c1. The van der Waals surface area contributed by atoms with Crippen LogP contribution in [-0.4, -0.2) is 47.0 Å². The summed E-state index contributed by atoms with van der Waals surface area (Å²) in [5.41, 5.74) is 0.609. The molecule has 0 aliphatic carbocycles. The van der Waals surface area contributed by atoms with Crippen LogP contribution < -0.4 is 0 Å². The second kappa shape index (κ2) is 7.90. The molecular weight excluding hydrogens is 388 g/mol. The van der Waals surface area contributed by atoms with E-state index in [-0.39, 0.29) is 25.3 Å². The molecule has 9 heteroatoms. The molecule has 150 valence electrons. The van der Waals surface area contributed by atoms with Gasteiger partial charge in [-0.15, -0.1) is 0 Å². The number of sulfone groups is 1. The Bertz CT molecular complexity index is 952. The number of nitrogens with zero attached hydrogens (tertiary/aromatic N) is 3. The third-order valence-corrected chi connectivity index (χ3v) is 7.25. The third kappa shape index (κ3) is 3.89. The van der Waals surface area contributed by atoms with Crippen molar-refractivity contribution in [2.24, 2.45) is 0 Å². The minimum atomic E-state index is -4.52. The second-order valence-corrected chi connectivity index (χ2v) is 9.25. The fraction of sp³-hybridized carbons (Fsp3) is 0.421. The highest BCUT2D eigenvalue weighted by molar-refractivity contribution is 7.92. The number of hydrogen-bond donors (Lipinski definition) is 0. The number of likely N-dealkylation sites (tertiary alicyclic amines) is 1. The number of hydrogen-bond acceptors (Lipinski definition) is 5. The molecule has 0 saturated carbocycles. The predicted octanol–water partition coefficient (Wildman–Crippen LogP) is 2.70. The van der Waals surface area contributed by atoms with Crippen molar-refractivity contribution in [2.45, 2.75) is 48.5 Å². The highest BCUT2D eigenvalue weighted by Gasteiger charge is 2.51. The van der Waals surface area contributed by atoms with Crippen LogP contribution in [0.2, 0.25) is 0 Å². The monoisotopic (exact) mass is 409 g/mol. The second-order valence-electron chi connectivity index (χ2n) is 6.97. The first-order valence-corrected chi connectivity index (χ1v) is 10.5. The summed E-state index contributed by atoms with van der Waals surface area (Å²) >= 11 is 0. The van der Waals surface area contributed by atoms with Gasteiger partial charge in [-0.2, -0.15) is 10.2 Å². The molecule has 28 heavy (non-hydrogen) atoms. The van der Waals surface area contributed by atoms with E-state index in [0.717, 1.165) is 25.1 Å². The van der Waals surface area contributed by atoms with Gasteiger partial charge in [0, 0.05) is 12.7 Å². The molecule has 1 aliphatic heterocycles. The first-order chi connectivity index (χ1) is 13.2. The van der Waals surface area contributed by atoms with E-state index in [2.05, 4.69) is 10.2 Å². The van der Waals surface area contributed by atoms with Gasteiger partial charge in [0.05, 0.1) is 23.6 Å². The van der Waals surface area contributed by atoms with E-state index >= 15 is 4.39 Å². The minimum absolute atomic E-state index is 0.0257. The molecule has 1 aromatic heterocycles. The van der Waals surface area contributed by atoms with E-state index in [4.69, 9.17) is 0 Å². The van der Waals surface area contributed by atoms with Crippen molar-refractivity contribution >= 4 is 15.7 Å². The average Bonchev–Trinajstić information content (AvgIpc) is 2.68. The highest BCUT2D eigenvalue weighted by Crippen LogP contribution is 2.37. The summed E-state index contributed by atoms with van der Waals surface area (Å²) in [6.07, 6.45) is 4.33. The zero-order valence-electron chi connectivity index (χ0n) is 15.4. The standard InChI is InChI=1S/C19H21F2N3O3S/c1-19(21,28(26,27)16-6-4-5-15(20)12-16)17-7-2-3-10-24(17)18(25)11-14-8-9-22-23-13-14/h4-6,8-9,12-13,17H,2-3,7,10-11H2,1H3. The van der Waals surface area contributed by atoms with Crippen LogP contribution in [0.3, 0.4) is 0 Å². The lowest BCUT2D eigenvalue weighted by molar-refractivity contribution is -0.136. The summed E-state index contributed by atoms with van der Waals surface area (Å²) in [6, 6.07) is 4.74. The maximum atomic E-state index is 15.8. The van der Waals surface area contributed by atoms with Gasteiger partial charge in [-0.3, -0.25) is 4.79 Å². The molecule has 2 unspecified atom stereocenters. The normalized spacial score (nSPS) is 19.8. The van der Waals surface area contributed by atoms with Crippen molar-refractivity contribution in [3.05, 3.63) is 54.1 Å². The molecule has 1 aromatic carbocycles. The molecule has 1 saturated heterocycles. The van der Waals surface area contributed by atoms with Crippen LogP contribution in [0, 0.1) is 5.82 Å². The molecule has 1 aliphatic rings. The zero-order chi connectivity index (χ0) is 20.4. The van der Waals surface area contributed by atoms with Gasteiger partial charge in [-0.25, -0.2) is 17.2 Å². The summed E-state index contributed by atoms with van der Waals surface area (Å²) in [7, 11) is -4.52. The Kier molecular flexibility index (Phi) is 5.74. The molecule has 0 spiro atoms. The van der Waals surface area contributed by atoms with Crippen molar-refractivity contribution in [1.29, 1.82) is 0 Å². The maximum absolute atomic E-state index is 15.8. The quantitative estimate of drug-likeness (QED) is 0.759. The summed E-state index contributed by atoms with van der Waals surface area (Å²) in [4.78, 5) is 13.7. The Morgan fingerprint density at radius 3 is 2.75 bits per heavy atom. The zero-order valence-corrected chi connectivity index (χ0v) is 16.2. The molecule has 2 heterocycles. The van der Waals surface area contributed by atoms with Crippen LogP contribution in [0.15, 0.2) is 47.6 Å². The van der Waals surface area contributed by atoms with Crippen LogP contribution in [0.25, 0.3) is 0 Å². The van der Waals surface area contributed by atoms with Crippen molar-refractivity contribution in [3.63, 3.8) is 0 Å². The van der Waals surface area contributed by atoms with Crippen molar-refractivity contribution in [1.82, 2.24) is 15.1 Å². The maximum Gasteiger partial charge on any atom is 0.232 e. The molecule has 2 atom stereocenters. The van der Waals surface area contributed by atoms with E-state index < -0.39 is 31.6 Å². The van der Waals surface area contributed by atoms with Gasteiger partial charge in [0.2, 0.25) is 20.7 Å². The summed E-state index contributed by atoms with van der Waals surface area (Å²) in [5, 5.41) is 4.60. The van der Waals surface area contributed by atoms with E-state index in [1.807, 2.05) is 0 Å². The number of aromatic nitrogens is 2. The van der Waals surface area contributed by atoms with Crippen LogP contribution in [0.1, 0.15) is 31.7 Å². The molecule has 1 fully saturated rings. The lowest BCUT2D eigenvalue weighted by Gasteiger charge is -2.42. The Balaban J connectivity index is 1.90. The molecule has 0 radical (unpaired) electrons. The number of carbonyl (C=O) groups excluding carboxylic acids is 1. The molecule has 2 aromatic rings. The van der Waals surface area contributed by atoms with Gasteiger partial charge in [-0.05, 0) is 56.0 Å². The van der Waals surface area contributed by atoms with E-state index in [1.54, 1.807) is 6.07 Å². The van der Waals surface area contributed by atoms with E-state index in [9.17, 15) is 17.6 Å². The molecular formula is C19H21F2N3O3S. The van der Waals surface area contributed by atoms with Gasteiger partial charge in [0.1, 0.15) is 5.82 Å². The molecule has 6 nitrogen and oxygen atoms in total. The first-order valence-electron chi connectivity index (χ1n) is 8.97. The predicted molar refractivity (Wildman–Crippen MR) is 98.2 cm³/mol. The minimum Gasteiger partial charge on any atom is -0.335 e. The Hall–Kier alpha value is -2.42. The first kappa shape index (κ1) is 20.3. The number of rotatable bonds is 5. The van der Waals surface area contributed by atoms with Crippen LogP contribution >= 0.6 is 0 Å². The number of alkyl halides is 1.